The third-order valence-corrected chi connectivity index (χ3v) is 2.36. The number of fused-ring (bicyclic) bond motifs is 1. The second-order valence-corrected chi connectivity index (χ2v) is 4.10. The third-order valence-electron chi connectivity index (χ3n) is 2.25. The standard InChI is InChI=1S/C11H13NO2S/c1-11(2)13-7-9-5-3-4-8(6-12-15)10(9)14-11/h3-6,15H,7H2,1-2H3. The maximum Gasteiger partial charge on any atom is 0.205 e. The normalized spacial score (nSPS) is 18.6. The van der Waals surface area contributed by atoms with Crippen LogP contribution in [0.15, 0.2) is 22.6 Å². The Morgan fingerprint density at radius 3 is 3.00 bits per heavy atom. The summed E-state index contributed by atoms with van der Waals surface area (Å²) in [6, 6.07) is 5.88. The largest absolute Gasteiger partial charge is 0.462 e. The molecular formula is C11H13NO2S. The zero-order valence-corrected chi connectivity index (χ0v) is 9.62. The van der Waals surface area contributed by atoms with Crippen LogP contribution in [0.3, 0.4) is 0 Å². The zero-order chi connectivity index (χ0) is 10.9. The molecule has 1 aliphatic heterocycles. The molecule has 0 fully saturated rings. The highest BCUT2D eigenvalue weighted by molar-refractivity contribution is 7.79. The minimum atomic E-state index is -0.576. The number of benzene rings is 1. The van der Waals surface area contributed by atoms with E-state index in [4.69, 9.17) is 9.47 Å². The van der Waals surface area contributed by atoms with Crippen molar-refractivity contribution in [2.24, 2.45) is 4.40 Å². The van der Waals surface area contributed by atoms with E-state index < -0.39 is 5.79 Å². The molecule has 0 aliphatic carbocycles. The summed E-state index contributed by atoms with van der Waals surface area (Å²) in [6.45, 7) is 4.35. The van der Waals surface area contributed by atoms with E-state index in [1.165, 1.54) is 0 Å². The van der Waals surface area contributed by atoms with Gasteiger partial charge in [-0.1, -0.05) is 12.1 Å². The molecule has 0 atom stereocenters. The van der Waals surface area contributed by atoms with Crippen LogP contribution < -0.4 is 4.74 Å². The Balaban J connectivity index is 2.45. The summed E-state index contributed by atoms with van der Waals surface area (Å²) >= 11 is 3.83. The van der Waals surface area contributed by atoms with Crippen molar-refractivity contribution in [2.45, 2.75) is 26.2 Å². The predicted octanol–water partition coefficient (Wildman–Crippen LogP) is 2.60. The van der Waals surface area contributed by atoms with E-state index in [1.807, 2.05) is 32.0 Å². The molecule has 80 valence electrons. The van der Waals surface area contributed by atoms with E-state index >= 15 is 0 Å². The lowest BCUT2D eigenvalue weighted by Crippen LogP contribution is -2.35. The van der Waals surface area contributed by atoms with E-state index in [0.717, 1.165) is 16.9 Å². The Hall–Kier alpha value is -1.00. The van der Waals surface area contributed by atoms with E-state index in [9.17, 15) is 0 Å². The third kappa shape index (κ3) is 2.16. The number of ether oxygens (including phenoxy) is 2. The Bertz CT molecular complexity index is 402. The van der Waals surface area contributed by atoms with E-state index in [2.05, 4.69) is 17.2 Å². The highest BCUT2D eigenvalue weighted by atomic mass is 32.1. The van der Waals surface area contributed by atoms with Crippen molar-refractivity contribution in [3.8, 4) is 5.75 Å². The SMILES string of the molecule is CC1(C)OCc2cccc(C=NS)c2O1. The first-order chi connectivity index (χ1) is 7.12. The second-order valence-electron chi connectivity index (χ2n) is 3.87. The summed E-state index contributed by atoms with van der Waals surface area (Å²) < 4.78 is 15.0. The molecule has 1 aromatic rings. The van der Waals surface area contributed by atoms with Gasteiger partial charge in [0.05, 0.1) is 6.61 Å². The number of para-hydroxylation sites is 1. The highest BCUT2D eigenvalue weighted by Crippen LogP contribution is 2.33. The predicted molar refractivity (Wildman–Crippen MR) is 62.5 cm³/mol. The van der Waals surface area contributed by atoms with Gasteiger partial charge in [0.2, 0.25) is 5.79 Å². The van der Waals surface area contributed by atoms with Crippen molar-refractivity contribution in [3.63, 3.8) is 0 Å². The van der Waals surface area contributed by atoms with Crippen molar-refractivity contribution in [2.75, 3.05) is 0 Å². The lowest BCUT2D eigenvalue weighted by Gasteiger charge is -2.33. The zero-order valence-electron chi connectivity index (χ0n) is 8.73. The van der Waals surface area contributed by atoms with Crippen molar-refractivity contribution < 1.29 is 9.47 Å². The van der Waals surface area contributed by atoms with Gasteiger partial charge in [-0.25, -0.2) is 4.40 Å². The van der Waals surface area contributed by atoms with Crippen LogP contribution >= 0.6 is 12.8 Å². The molecule has 0 N–H and O–H groups in total. The van der Waals surface area contributed by atoms with Crippen LogP contribution in [0.1, 0.15) is 25.0 Å². The van der Waals surface area contributed by atoms with E-state index in [-0.39, 0.29) is 0 Å². The van der Waals surface area contributed by atoms with Gasteiger partial charge in [0.25, 0.3) is 0 Å². The topological polar surface area (TPSA) is 30.8 Å². The molecule has 0 bridgehead atoms. The summed E-state index contributed by atoms with van der Waals surface area (Å²) in [4.78, 5) is 0. The van der Waals surface area contributed by atoms with Gasteiger partial charge in [0.15, 0.2) is 0 Å². The molecular weight excluding hydrogens is 210 g/mol. The minimum absolute atomic E-state index is 0.566. The van der Waals surface area contributed by atoms with Gasteiger partial charge in [-0.15, -0.1) is 0 Å². The van der Waals surface area contributed by atoms with Crippen molar-refractivity contribution in [3.05, 3.63) is 29.3 Å². The lowest BCUT2D eigenvalue weighted by molar-refractivity contribution is -0.180. The van der Waals surface area contributed by atoms with Gasteiger partial charge in [-0.05, 0) is 18.9 Å². The molecule has 0 aromatic heterocycles. The van der Waals surface area contributed by atoms with Crippen LogP contribution in [-0.4, -0.2) is 12.0 Å². The minimum Gasteiger partial charge on any atom is -0.462 e. The van der Waals surface area contributed by atoms with Crippen molar-refractivity contribution in [1.29, 1.82) is 0 Å². The van der Waals surface area contributed by atoms with Crippen molar-refractivity contribution in [1.82, 2.24) is 0 Å². The fraction of sp³-hybridized carbons (Fsp3) is 0.364. The van der Waals surface area contributed by atoms with E-state index in [1.54, 1.807) is 6.21 Å². The molecule has 1 aromatic carbocycles. The summed E-state index contributed by atoms with van der Waals surface area (Å²) in [5, 5.41) is 0. The van der Waals surface area contributed by atoms with Crippen LogP contribution in [-0.2, 0) is 11.3 Å². The molecule has 2 rings (SSSR count). The van der Waals surface area contributed by atoms with Crippen molar-refractivity contribution >= 4 is 19.0 Å². The number of nitrogens with zero attached hydrogens (tertiary/aromatic N) is 1. The van der Waals surface area contributed by atoms with E-state index in [0.29, 0.717) is 6.61 Å². The first kappa shape index (κ1) is 10.5. The first-order valence-corrected chi connectivity index (χ1v) is 5.15. The molecule has 0 saturated heterocycles. The molecule has 3 nitrogen and oxygen atoms in total. The molecule has 1 aliphatic rings. The maximum atomic E-state index is 5.76. The van der Waals surface area contributed by atoms with Crippen LogP contribution in [0.2, 0.25) is 0 Å². The average Bonchev–Trinajstić information content (AvgIpc) is 2.18. The Labute approximate surface area is 94.7 Å². The summed E-state index contributed by atoms with van der Waals surface area (Å²) in [6.07, 6.45) is 1.67. The van der Waals surface area contributed by atoms with Crippen LogP contribution in [0.4, 0.5) is 0 Å². The smallest absolute Gasteiger partial charge is 0.205 e. The van der Waals surface area contributed by atoms with Gasteiger partial charge in [0, 0.05) is 31.2 Å². The highest BCUT2D eigenvalue weighted by Gasteiger charge is 2.28. The van der Waals surface area contributed by atoms with Gasteiger partial charge in [0.1, 0.15) is 5.75 Å². The fourth-order valence-corrected chi connectivity index (χ4v) is 1.66. The van der Waals surface area contributed by atoms with Crippen LogP contribution in [0.5, 0.6) is 5.75 Å². The summed E-state index contributed by atoms with van der Waals surface area (Å²) in [5.41, 5.74) is 1.97. The summed E-state index contributed by atoms with van der Waals surface area (Å²) in [5.74, 6) is 0.264. The molecule has 0 saturated carbocycles. The second kappa shape index (κ2) is 3.87. The lowest BCUT2D eigenvalue weighted by atomic mass is 10.1. The number of hydrogen-bond acceptors (Lipinski definition) is 4. The number of thiol groups is 1. The fourth-order valence-electron chi connectivity index (χ4n) is 1.53. The molecule has 15 heavy (non-hydrogen) atoms. The quantitative estimate of drug-likeness (QED) is 0.586. The Kier molecular flexibility index (Phi) is 2.71. The summed E-state index contributed by atoms with van der Waals surface area (Å²) in [7, 11) is 0. The molecule has 4 heteroatoms. The number of rotatable bonds is 1. The van der Waals surface area contributed by atoms with Gasteiger partial charge in [-0.2, -0.15) is 0 Å². The molecule has 0 amide bonds. The average molecular weight is 223 g/mol. The maximum absolute atomic E-state index is 5.76. The van der Waals surface area contributed by atoms with Crippen LogP contribution in [0.25, 0.3) is 0 Å². The molecule has 0 radical (unpaired) electrons. The molecule has 0 unspecified atom stereocenters. The van der Waals surface area contributed by atoms with Gasteiger partial charge >= 0.3 is 0 Å². The first-order valence-electron chi connectivity index (χ1n) is 4.75. The van der Waals surface area contributed by atoms with Crippen LogP contribution in [0, 0.1) is 0 Å². The number of hydrogen-bond donors (Lipinski definition) is 1. The van der Waals surface area contributed by atoms with Gasteiger partial charge in [-0.3, -0.25) is 0 Å². The Morgan fingerprint density at radius 1 is 1.47 bits per heavy atom. The molecule has 1 heterocycles. The van der Waals surface area contributed by atoms with Gasteiger partial charge < -0.3 is 9.47 Å². The molecule has 0 spiro atoms. The Morgan fingerprint density at radius 2 is 2.27 bits per heavy atom. The monoisotopic (exact) mass is 223 g/mol.